The Hall–Kier alpha value is -2.15. The van der Waals surface area contributed by atoms with Gasteiger partial charge in [0.15, 0.2) is 11.5 Å². The van der Waals surface area contributed by atoms with Crippen LogP contribution in [0, 0.1) is 0 Å². The molecule has 2 aromatic heterocycles. The molecule has 0 fully saturated rings. The molecule has 0 atom stereocenters. The third-order valence-corrected chi connectivity index (χ3v) is 3.71. The van der Waals surface area contributed by atoms with Gasteiger partial charge < -0.3 is 14.2 Å². The van der Waals surface area contributed by atoms with Crippen LogP contribution in [0.1, 0.15) is 23.8 Å². The van der Waals surface area contributed by atoms with Crippen LogP contribution in [0.25, 0.3) is 10.6 Å². The molecule has 0 radical (unpaired) electrons. The second kappa shape index (κ2) is 7.03. The van der Waals surface area contributed by atoms with Crippen molar-refractivity contribution in [3.8, 4) is 10.6 Å². The lowest BCUT2D eigenvalue weighted by Crippen LogP contribution is -2.36. The van der Waals surface area contributed by atoms with Gasteiger partial charge in [0.2, 0.25) is 0 Å². The Labute approximate surface area is 126 Å². The summed E-state index contributed by atoms with van der Waals surface area (Å²) < 4.78 is 9.79. The predicted molar refractivity (Wildman–Crippen MR) is 78.0 cm³/mol. The largest absolute Gasteiger partial charge is 0.468 e. The van der Waals surface area contributed by atoms with Crippen molar-refractivity contribution in [1.82, 2.24) is 10.1 Å². The number of aromatic nitrogens is 1. The van der Waals surface area contributed by atoms with Crippen molar-refractivity contribution in [2.45, 2.75) is 13.3 Å². The quantitative estimate of drug-likeness (QED) is 0.766. The van der Waals surface area contributed by atoms with Gasteiger partial charge in [-0.25, -0.2) is 0 Å². The molecular weight excluding hydrogens is 292 g/mol. The molecule has 0 saturated carbocycles. The van der Waals surface area contributed by atoms with Crippen molar-refractivity contribution in [3.05, 3.63) is 29.3 Å². The lowest BCUT2D eigenvalue weighted by molar-refractivity contribution is -0.141. The fraction of sp³-hybridized carbons (Fsp3) is 0.357. The highest BCUT2D eigenvalue weighted by molar-refractivity contribution is 7.13. The van der Waals surface area contributed by atoms with Crippen LogP contribution >= 0.6 is 11.3 Å². The number of carbonyl (C=O) groups excluding carboxylic acids is 2. The molecule has 0 aromatic carbocycles. The number of rotatable bonds is 6. The summed E-state index contributed by atoms with van der Waals surface area (Å²) >= 11 is 1.50. The summed E-state index contributed by atoms with van der Waals surface area (Å²) in [4.78, 5) is 26.0. The second-order valence-electron chi connectivity index (χ2n) is 4.36. The molecule has 0 bridgehead atoms. The molecule has 2 heterocycles. The maximum absolute atomic E-state index is 12.4. The Balaban J connectivity index is 2.15. The van der Waals surface area contributed by atoms with E-state index in [0.717, 1.165) is 11.3 Å². The van der Waals surface area contributed by atoms with E-state index in [0.29, 0.717) is 12.3 Å². The minimum atomic E-state index is -0.459. The number of thiophene rings is 1. The highest BCUT2D eigenvalue weighted by Gasteiger charge is 2.22. The first kappa shape index (κ1) is 15.2. The molecule has 7 heteroatoms. The molecule has 0 saturated heterocycles. The molecule has 6 nitrogen and oxygen atoms in total. The monoisotopic (exact) mass is 308 g/mol. The van der Waals surface area contributed by atoms with E-state index in [-0.39, 0.29) is 18.1 Å². The summed E-state index contributed by atoms with van der Waals surface area (Å²) in [6.07, 6.45) is 0.734. The number of ether oxygens (including phenoxy) is 1. The molecule has 0 aliphatic rings. The summed E-state index contributed by atoms with van der Waals surface area (Å²) in [7, 11) is 1.29. The SMILES string of the molecule is CCCN(CC(=O)OC)C(=O)c1cc(-c2cccs2)on1. The third-order valence-electron chi connectivity index (χ3n) is 2.82. The number of esters is 1. The van der Waals surface area contributed by atoms with Crippen LogP contribution in [0.3, 0.4) is 0 Å². The van der Waals surface area contributed by atoms with E-state index < -0.39 is 5.97 Å². The Morgan fingerprint density at radius 1 is 1.48 bits per heavy atom. The summed E-state index contributed by atoms with van der Waals surface area (Å²) in [5.41, 5.74) is 0.191. The minimum absolute atomic E-state index is 0.0929. The Morgan fingerprint density at radius 3 is 2.90 bits per heavy atom. The van der Waals surface area contributed by atoms with E-state index in [2.05, 4.69) is 9.89 Å². The van der Waals surface area contributed by atoms with Crippen LogP contribution in [0.4, 0.5) is 0 Å². The van der Waals surface area contributed by atoms with Crippen LogP contribution in [0.2, 0.25) is 0 Å². The van der Waals surface area contributed by atoms with Crippen molar-refractivity contribution < 1.29 is 18.8 Å². The summed E-state index contributed by atoms with van der Waals surface area (Å²) in [5, 5.41) is 5.71. The number of hydrogen-bond donors (Lipinski definition) is 0. The maximum Gasteiger partial charge on any atom is 0.325 e. The van der Waals surface area contributed by atoms with Crippen molar-refractivity contribution in [1.29, 1.82) is 0 Å². The zero-order chi connectivity index (χ0) is 15.2. The second-order valence-corrected chi connectivity index (χ2v) is 5.30. The van der Waals surface area contributed by atoms with E-state index in [1.807, 2.05) is 24.4 Å². The predicted octanol–water partition coefficient (Wildman–Crippen LogP) is 2.43. The first-order valence-electron chi connectivity index (χ1n) is 6.52. The lowest BCUT2D eigenvalue weighted by Gasteiger charge is -2.19. The number of amides is 1. The zero-order valence-electron chi connectivity index (χ0n) is 11.9. The highest BCUT2D eigenvalue weighted by Crippen LogP contribution is 2.25. The van der Waals surface area contributed by atoms with E-state index in [4.69, 9.17) is 4.52 Å². The van der Waals surface area contributed by atoms with Gasteiger partial charge in [0.05, 0.1) is 12.0 Å². The van der Waals surface area contributed by atoms with Gasteiger partial charge in [0, 0.05) is 12.6 Å². The molecule has 0 spiro atoms. The fourth-order valence-electron chi connectivity index (χ4n) is 1.82. The fourth-order valence-corrected chi connectivity index (χ4v) is 2.49. The van der Waals surface area contributed by atoms with Gasteiger partial charge in [-0.05, 0) is 17.9 Å². The number of hydrogen-bond acceptors (Lipinski definition) is 6. The average Bonchev–Trinajstić information content (AvgIpc) is 3.16. The van der Waals surface area contributed by atoms with E-state index >= 15 is 0 Å². The van der Waals surface area contributed by atoms with Crippen LogP contribution in [0.15, 0.2) is 28.1 Å². The minimum Gasteiger partial charge on any atom is -0.468 e. The van der Waals surface area contributed by atoms with E-state index in [1.54, 1.807) is 6.07 Å². The van der Waals surface area contributed by atoms with Crippen molar-refractivity contribution in [3.63, 3.8) is 0 Å². The van der Waals surface area contributed by atoms with Crippen LogP contribution in [-0.4, -0.2) is 42.1 Å². The van der Waals surface area contributed by atoms with Gasteiger partial charge in [-0.1, -0.05) is 18.1 Å². The molecule has 2 rings (SSSR count). The van der Waals surface area contributed by atoms with Crippen LogP contribution in [0.5, 0.6) is 0 Å². The topological polar surface area (TPSA) is 72.6 Å². The highest BCUT2D eigenvalue weighted by atomic mass is 32.1. The molecule has 1 amide bonds. The first-order chi connectivity index (χ1) is 10.2. The van der Waals surface area contributed by atoms with E-state index in [9.17, 15) is 9.59 Å². The van der Waals surface area contributed by atoms with Crippen LogP contribution < -0.4 is 0 Å². The van der Waals surface area contributed by atoms with Crippen molar-refractivity contribution >= 4 is 23.2 Å². The summed E-state index contributed by atoms with van der Waals surface area (Å²) in [5.74, 6) is -0.254. The standard InChI is InChI=1S/C14H16N2O4S/c1-3-6-16(9-13(17)19-2)14(18)10-8-11(20-15-10)12-5-4-7-21-12/h4-5,7-8H,3,6,9H2,1-2H3. The Morgan fingerprint density at radius 2 is 2.29 bits per heavy atom. The molecule has 0 N–H and O–H groups in total. The number of carbonyl (C=O) groups is 2. The molecular formula is C14H16N2O4S. The Bertz CT molecular complexity index is 606. The normalized spacial score (nSPS) is 10.4. The van der Waals surface area contributed by atoms with Gasteiger partial charge in [-0.15, -0.1) is 11.3 Å². The van der Waals surface area contributed by atoms with Crippen molar-refractivity contribution in [2.75, 3.05) is 20.2 Å². The molecule has 0 unspecified atom stereocenters. The molecule has 21 heavy (non-hydrogen) atoms. The maximum atomic E-state index is 12.4. The Kier molecular flexibility index (Phi) is 5.10. The lowest BCUT2D eigenvalue weighted by atomic mass is 10.3. The molecule has 0 aliphatic heterocycles. The summed E-state index contributed by atoms with van der Waals surface area (Å²) in [6.45, 7) is 2.29. The zero-order valence-corrected chi connectivity index (χ0v) is 12.7. The number of nitrogens with zero attached hydrogens (tertiary/aromatic N) is 2. The van der Waals surface area contributed by atoms with E-state index in [1.165, 1.54) is 23.3 Å². The van der Waals surface area contributed by atoms with Crippen molar-refractivity contribution in [2.24, 2.45) is 0 Å². The number of methoxy groups -OCH3 is 1. The smallest absolute Gasteiger partial charge is 0.325 e. The van der Waals surface area contributed by atoms with Gasteiger partial charge >= 0.3 is 5.97 Å². The first-order valence-corrected chi connectivity index (χ1v) is 7.40. The van der Waals surface area contributed by atoms with Gasteiger partial charge in [-0.3, -0.25) is 9.59 Å². The van der Waals surface area contributed by atoms with Crippen LogP contribution in [-0.2, 0) is 9.53 Å². The van der Waals surface area contributed by atoms with Gasteiger partial charge in [-0.2, -0.15) is 0 Å². The molecule has 0 aliphatic carbocycles. The average molecular weight is 308 g/mol. The van der Waals surface area contributed by atoms with Gasteiger partial charge in [0.1, 0.15) is 6.54 Å². The van der Waals surface area contributed by atoms with Gasteiger partial charge in [0.25, 0.3) is 5.91 Å². The molecule has 2 aromatic rings. The molecule has 112 valence electrons. The third kappa shape index (κ3) is 3.69. The summed E-state index contributed by atoms with van der Waals surface area (Å²) in [6, 6.07) is 5.37.